The summed E-state index contributed by atoms with van der Waals surface area (Å²) in [6.07, 6.45) is -1.89. The number of aromatic nitrogens is 2. The molecule has 0 amide bonds. The number of nitrogens with zero attached hydrogens (tertiary/aromatic N) is 3. The van der Waals surface area contributed by atoms with Crippen molar-refractivity contribution in [2.24, 2.45) is 0 Å². The number of sulfonamides is 1. The molecule has 37 heavy (non-hydrogen) atoms. The maximum absolute atomic E-state index is 13.4. The SMILES string of the molecule is COc1ccc(CN(C)S(=O)(=O)c2ccc(Cc3ccc(C(F)(F)F)cn3)c(-c3ccccn3)c2)cc1. The lowest BCUT2D eigenvalue weighted by Gasteiger charge is -2.19. The highest BCUT2D eigenvalue weighted by Gasteiger charge is 2.30. The Labute approximate surface area is 213 Å². The van der Waals surface area contributed by atoms with E-state index in [1.54, 1.807) is 67.9 Å². The Morgan fingerprint density at radius 3 is 2.30 bits per heavy atom. The van der Waals surface area contributed by atoms with Crippen molar-refractivity contribution in [1.82, 2.24) is 14.3 Å². The number of alkyl halides is 3. The number of halogens is 3. The zero-order chi connectivity index (χ0) is 26.6. The van der Waals surface area contributed by atoms with Crippen molar-refractivity contribution in [3.05, 3.63) is 108 Å². The first-order valence-corrected chi connectivity index (χ1v) is 12.7. The number of ether oxygens (including phenoxy) is 1. The molecule has 0 aliphatic rings. The van der Waals surface area contributed by atoms with Crippen LogP contribution < -0.4 is 4.74 Å². The van der Waals surface area contributed by atoms with Gasteiger partial charge in [0.15, 0.2) is 0 Å². The third-order valence-corrected chi connectivity index (χ3v) is 7.62. The number of pyridine rings is 2. The highest BCUT2D eigenvalue weighted by molar-refractivity contribution is 7.89. The molecule has 2 aromatic carbocycles. The molecule has 6 nitrogen and oxygen atoms in total. The van der Waals surface area contributed by atoms with Crippen LogP contribution in [0.1, 0.15) is 22.4 Å². The van der Waals surface area contributed by atoms with E-state index in [0.717, 1.165) is 17.8 Å². The zero-order valence-corrected chi connectivity index (χ0v) is 20.9. The van der Waals surface area contributed by atoms with Gasteiger partial charge in [0.1, 0.15) is 5.75 Å². The normalized spacial score (nSPS) is 12.1. The third-order valence-electron chi connectivity index (χ3n) is 5.82. The Morgan fingerprint density at radius 1 is 0.946 bits per heavy atom. The molecule has 0 unspecified atom stereocenters. The molecule has 0 N–H and O–H groups in total. The molecule has 0 saturated carbocycles. The fraction of sp³-hybridized carbons (Fsp3) is 0.185. The first kappa shape index (κ1) is 26.3. The van der Waals surface area contributed by atoms with Crippen LogP contribution in [0.4, 0.5) is 13.2 Å². The maximum atomic E-state index is 13.4. The second-order valence-corrected chi connectivity index (χ2v) is 10.4. The number of methoxy groups -OCH3 is 1. The minimum atomic E-state index is -4.47. The highest BCUT2D eigenvalue weighted by Crippen LogP contribution is 2.31. The molecule has 0 aliphatic heterocycles. The van der Waals surface area contributed by atoms with Gasteiger partial charge in [-0.3, -0.25) is 9.97 Å². The van der Waals surface area contributed by atoms with Crippen molar-refractivity contribution in [3.63, 3.8) is 0 Å². The van der Waals surface area contributed by atoms with E-state index in [-0.39, 0.29) is 17.9 Å². The Kier molecular flexibility index (Phi) is 7.60. The number of hydrogen-bond donors (Lipinski definition) is 0. The molecule has 0 radical (unpaired) electrons. The van der Waals surface area contributed by atoms with Gasteiger partial charge >= 0.3 is 6.18 Å². The average molecular weight is 528 g/mol. The second kappa shape index (κ2) is 10.7. The van der Waals surface area contributed by atoms with Crippen LogP contribution >= 0.6 is 0 Å². The van der Waals surface area contributed by atoms with E-state index in [1.807, 2.05) is 0 Å². The van der Waals surface area contributed by atoms with Crippen LogP contribution in [0, 0.1) is 0 Å². The van der Waals surface area contributed by atoms with Crippen LogP contribution in [0.5, 0.6) is 5.75 Å². The van der Waals surface area contributed by atoms with Crippen LogP contribution in [0.15, 0.2) is 90.1 Å². The van der Waals surface area contributed by atoms with Crippen molar-refractivity contribution < 1.29 is 26.3 Å². The molecule has 0 aliphatic carbocycles. The van der Waals surface area contributed by atoms with Crippen LogP contribution in [0.25, 0.3) is 11.3 Å². The maximum Gasteiger partial charge on any atom is 0.417 e. The zero-order valence-electron chi connectivity index (χ0n) is 20.1. The second-order valence-electron chi connectivity index (χ2n) is 8.36. The smallest absolute Gasteiger partial charge is 0.417 e. The monoisotopic (exact) mass is 527 g/mol. The predicted octanol–water partition coefficient (Wildman–Crippen LogP) is 5.58. The summed E-state index contributed by atoms with van der Waals surface area (Å²) >= 11 is 0. The van der Waals surface area contributed by atoms with Crippen LogP contribution in [-0.4, -0.2) is 36.8 Å². The summed E-state index contributed by atoms with van der Waals surface area (Å²) in [6, 6.07) is 19.4. The fourth-order valence-electron chi connectivity index (χ4n) is 3.78. The van der Waals surface area contributed by atoms with E-state index in [4.69, 9.17) is 4.74 Å². The largest absolute Gasteiger partial charge is 0.497 e. The van der Waals surface area contributed by atoms with Crippen molar-refractivity contribution in [2.45, 2.75) is 24.0 Å². The molecule has 0 bridgehead atoms. The Hall–Kier alpha value is -3.76. The summed E-state index contributed by atoms with van der Waals surface area (Å²) in [6.45, 7) is 0.155. The molecular formula is C27H24F3N3O3S. The Morgan fingerprint density at radius 2 is 1.70 bits per heavy atom. The van der Waals surface area contributed by atoms with Crippen LogP contribution in [0.2, 0.25) is 0 Å². The lowest BCUT2D eigenvalue weighted by Crippen LogP contribution is -2.26. The van der Waals surface area contributed by atoms with Gasteiger partial charge in [-0.2, -0.15) is 17.5 Å². The van der Waals surface area contributed by atoms with E-state index in [1.165, 1.54) is 23.5 Å². The van der Waals surface area contributed by atoms with Gasteiger partial charge < -0.3 is 4.74 Å². The van der Waals surface area contributed by atoms with E-state index in [2.05, 4.69) is 9.97 Å². The minimum Gasteiger partial charge on any atom is -0.497 e. The molecular weight excluding hydrogens is 503 g/mol. The van der Waals surface area contributed by atoms with Gasteiger partial charge in [-0.1, -0.05) is 24.3 Å². The van der Waals surface area contributed by atoms with Crippen molar-refractivity contribution in [3.8, 4) is 17.0 Å². The summed E-state index contributed by atoms with van der Waals surface area (Å²) in [5, 5.41) is 0. The standard InChI is InChI=1S/C27H24F3N3O3S/c1-33(18-19-6-11-23(36-2)12-7-19)37(34,35)24-13-8-20(25(16-24)26-5-3-4-14-31-26)15-22-10-9-21(17-32-22)27(28,29)30/h3-14,16-17H,15,18H2,1-2H3. The molecule has 0 spiro atoms. The van der Waals surface area contributed by atoms with E-state index >= 15 is 0 Å². The quantitative estimate of drug-likeness (QED) is 0.299. The van der Waals surface area contributed by atoms with Gasteiger partial charge in [0.05, 0.1) is 23.3 Å². The first-order valence-electron chi connectivity index (χ1n) is 11.2. The van der Waals surface area contributed by atoms with Crippen molar-refractivity contribution >= 4 is 10.0 Å². The molecule has 0 atom stereocenters. The van der Waals surface area contributed by atoms with Gasteiger partial charge in [-0.25, -0.2) is 8.42 Å². The highest BCUT2D eigenvalue weighted by atomic mass is 32.2. The minimum absolute atomic E-state index is 0.0771. The van der Waals surface area contributed by atoms with E-state index in [0.29, 0.717) is 28.3 Å². The summed E-state index contributed by atoms with van der Waals surface area (Å²) in [7, 11) is -0.804. The van der Waals surface area contributed by atoms with Gasteiger partial charge in [-0.15, -0.1) is 0 Å². The summed E-state index contributed by atoms with van der Waals surface area (Å²) in [4.78, 5) is 8.40. The van der Waals surface area contributed by atoms with Crippen molar-refractivity contribution in [1.29, 1.82) is 0 Å². The molecule has 0 saturated heterocycles. The molecule has 192 valence electrons. The van der Waals surface area contributed by atoms with Crippen molar-refractivity contribution in [2.75, 3.05) is 14.2 Å². The lowest BCUT2D eigenvalue weighted by atomic mass is 9.99. The van der Waals surface area contributed by atoms with Gasteiger partial charge in [0, 0.05) is 43.7 Å². The number of benzene rings is 2. The molecule has 4 aromatic rings. The van der Waals surface area contributed by atoms with Gasteiger partial charge in [0.2, 0.25) is 10.0 Å². The molecule has 2 heterocycles. The Bertz CT molecular complexity index is 1460. The lowest BCUT2D eigenvalue weighted by molar-refractivity contribution is -0.137. The van der Waals surface area contributed by atoms with Crippen LogP contribution in [0.3, 0.4) is 0 Å². The van der Waals surface area contributed by atoms with Gasteiger partial charge in [0.25, 0.3) is 0 Å². The third kappa shape index (κ3) is 6.15. The van der Waals surface area contributed by atoms with E-state index < -0.39 is 21.8 Å². The first-order chi connectivity index (χ1) is 17.6. The predicted molar refractivity (Wildman–Crippen MR) is 133 cm³/mol. The molecule has 4 rings (SSSR count). The van der Waals surface area contributed by atoms with Crippen LogP contribution in [-0.2, 0) is 29.2 Å². The summed E-state index contributed by atoms with van der Waals surface area (Å²) < 4.78 is 71.9. The Balaban J connectivity index is 1.66. The fourth-order valence-corrected chi connectivity index (χ4v) is 4.96. The number of rotatable bonds is 8. The molecule has 10 heteroatoms. The summed E-state index contributed by atoms with van der Waals surface area (Å²) in [5.41, 5.74) is 2.16. The number of hydrogen-bond acceptors (Lipinski definition) is 5. The van der Waals surface area contributed by atoms with Gasteiger partial charge in [-0.05, 0) is 59.7 Å². The molecule has 0 fully saturated rings. The average Bonchev–Trinajstić information content (AvgIpc) is 2.89. The van der Waals surface area contributed by atoms with E-state index in [9.17, 15) is 21.6 Å². The topological polar surface area (TPSA) is 72.4 Å². The summed E-state index contributed by atoms with van der Waals surface area (Å²) in [5.74, 6) is 0.674. The molecule has 2 aromatic heterocycles.